The molecule has 1 aliphatic rings. The fourth-order valence-corrected chi connectivity index (χ4v) is 3.33. The van der Waals surface area contributed by atoms with Crippen LogP contribution in [0.3, 0.4) is 0 Å². The van der Waals surface area contributed by atoms with Crippen LogP contribution in [0, 0.1) is 6.92 Å². The third kappa shape index (κ3) is 2.86. The van der Waals surface area contributed by atoms with Gasteiger partial charge in [0.15, 0.2) is 5.65 Å². The summed E-state index contributed by atoms with van der Waals surface area (Å²) >= 11 is 0. The Bertz CT molecular complexity index is 796. The van der Waals surface area contributed by atoms with Crippen molar-refractivity contribution in [2.75, 3.05) is 6.54 Å². The Hall–Kier alpha value is -2.44. The average molecular weight is 330 g/mol. The van der Waals surface area contributed by atoms with Crippen molar-refractivity contribution in [1.29, 1.82) is 0 Å². The third-order valence-corrected chi connectivity index (χ3v) is 4.53. The van der Waals surface area contributed by atoms with E-state index in [4.69, 9.17) is 5.11 Å². The average Bonchev–Trinajstić information content (AvgIpc) is 3.11. The molecule has 2 aromatic rings. The second kappa shape index (κ2) is 6.22. The van der Waals surface area contributed by atoms with Crippen molar-refractivity contribution in [2.24, 2.45) is 0 Å². The van der Waals surface area contributed by atoms with Crippen LogP contribution in [-0.2, 0) is 4.79 Å². The minimum atomic E-state index is -0.872. The number of carboxylic acids is 1. The van der Waals surface area contributed by atoms with Crippen LogP contribution in [0.5, 0.6) is 0 Å². The van der Waals surface area contributed by atoms with E-state index in [1.54, 1.807) is 11.1 Å². The van der Waals surface area contributed by atoms with Crippen LogP contribution < -0.4 is 0 Å². The van der Waals surface area contributed by atoms with E-state index in [2.05, 4.69) is 10.1 Å². The Morgan fingerprint density at radius 3 is 2.83 bits per heavy atom. The molecule has 0 aliphatic carbocycles. The van der Waals surface area contributed by atoms with Crippen LogP contribution in [0.4, 0.5) is 0 Å². The number of aryl methyl sites for hydroxylation is 1. The maximum absolute atomic E-state index is 12.9. The molecule has 1 saturated heterocycles. The molecule has 0 radical (unpaired) electrons. The second-order valence-corrected chi connectivity index (χ2v) is 6.61. The highest BCUT2D eigenvalue weighted by molar-refractivity contribution is 5.98. The Balaban J connectivity index is 1.95. The highest BCUT2D eigenvalue weighted by Crippen LogP contribution is 2.25. The fraction of sp³-hybridized carbons (Fsp3) is 0.529. The lowest BCUT2D eigenvalue weighted by molar-refractivity contribution is -0.137. The molecule has 128 valence electrons. The van der Waals surface area contributed by atoms with Crippen LogP contribution >= 0.6 is 0 Å². The number of hydrogen-bond acceptors (Lipinski definition) is 4. The summed E-state index contributed by atoms with van der Waals surface area (Å²) in [4.78, 5) is 30.2. The minimum Gasteiger partial charge on any atom is -0.481 e. The predicted octanol–water partition coefficient (Wildman–Crippen LogP) is 2.40. The lowest BCUT2D eigenvalue weighted by atomic mass is 10.1. The maximum atomic E-state index is 12.9. The van der Waals surface area contributed by atoms with Gasteiger partial charge >= 0.3 is 5.97 Å². The number of aromatic nitrogens is 3. The predicted molar refractivity (Wildman–Crippen MR) is 89.0 cm³/mol. The molecule has 1 fully saturated rings. The number of hydrogen-bond donors (Lipinski definition) is 1. The summed E-state index contributed by atoms with van der Waals surface area (Å²) in [6.07, 6.45) is 3.28. The Morgan fingerprint density at radius 1 is 1.42 bits per heavy atom. The zero-order valence-corrected chi connectivity index (χ0v) is 14.2. The number of aliphatic carboxylic acids is 1. The maximum Gasteiger partial charge on any atom is 0.305 e. The zero-order chi connectivity index (χ0) is 17.4. The summed E-state index contributed by atoms with van der Waals surface area (Å²) in [5.74, 6) is -1.01. The van der Waals surface area contributed by atoms with Gasteiger partial charge in [0.2, 0.25) is 0 Å². The van der Waals surface area contributed by atoms with Crippen molar-refractivity contribution in [1.82, 2.24) is 19.7 Å². The third-order valence-electron chi connectivity index (χ3n) is 4.53. The van der Waals surface area contributed by atoms with Crippen molar-refractivity contribution in [3.63, 3.8) is 0 Å². The van der Waals surface area contributed by atoms with Gasteiger partial charge in [-0.1, -0.05) is 0 Å². The molecule has 3 heterocycles. The Morgan fingerprint density at radius 2 is 2.17 bits per heavy atom. The van der Waals surface area contributed by atoms with Gasteiger partial charge in [-0.15, -0.1) is 0 Å². The number of rotatable bonds is 4. The largest absolute Gasteiger partial charge is 0.481 e. The fourth-order valence-electron chi connectivity index (χ4n) is 3.33. The van der Waals surface area contributed by atoms with Gasteiger partial charge < -0.3 is 10.0 Å². The van der Waals surface area contributed by atoms with E-state index in [0.29, 0.717) is 17.8 Å². The normalized spacial score (nSPS) is 17.8. The summed E-state index contributed by atoms with van der Waals surface area (Å²) < 4.78 is 1.83. The van der Waals surface area contributed by atoms with E-state index in [1.807, 2.05) is 31.5 Å². The summed E-state index contributed by atoms with van der Waals surface area (Å²) in [5.41, 5.74) is 1.95. The molecule has 0 saturated carbocycles. The van der Waals surface area contributed by atoms with Crippen molar-refractivity contribution >= 4 is 22.9 Å². The first kappa shape index (κ1) is 16.4. The lowest BCUT2D eigenvalue weighted by Crippen LogP contribution is -2.37. The number of pyridine rings is 1. The molecule has 24 heavy (non-hydrogen) atoms. The van der Waals surface area contributed by atoms with Crippen LogP contribution in [0.25, 0.3) is 11.0 Å². The van der Waals surface area contributed by atoms with E-state index >= 15 is 0 Å². The van der Waals surface area contributed by atoms with Crippen LogP contribution in [0.2, 0.25) is 0 Å². The highest BCUT2D eigenvalue weighted by atomic mass is 16.4. The molecule has 7 heteroatoms. The number of carbonyl (C=O) groups is 2. The number of carbonyl (C=O) groups excluding carboxylic acids is 1. The first-order chi connectivity index (χ1) is 11.4. The number of nitrogens with zero attached hydrogens (tertiary/aromatic N) is 4. The van der Waals surface area contributed by atoms with Crippen molar-refractivity contribution < 1.29 is 14.7 Å². The summed E-state index contributed by atoms with van der Waals surface area (Å²) in [6, 6.07) is 1.78. The molecule has 7 nitrogen and oxygen atoms in total. The topological polar surface area (TPSA) is 88.3 Å². The van der Waals surface area contributed by atoms with Gasteiger partial charge in [-0.3, -0.25) is 9.59 Å². The SMILES string of the molecule is Cc1nc2c(cnn2C(C)C)cc1C(=O)N1CCCC1CC(=O)O. The number of fused-ring (bicyclic) bond motifs is 1. The molecule has 3 rings (SSSR count). The molecular formula is C17H22N4O3. The van der Waals surface area contributed by atoms with Gasteiger partial charge in [0.05, 0.1) is 23.9 Å². The highest BCUT2D eigenvalue weighted by Gasteiger charge is 2.32. The number of carboxylic acid groups (broad SMARTS) is 1. The van der Waals surface area contributed by atoms with E-state index in [1.165, 1.54) is 0 Å². The van der Waals surface area contributed by atoms with Crippen LogP contribution in [0.1, 0.15) is 55.2 Å². The summed E-state index contributed by atoms with van der Waals surface area (Å²) in [5, 5.41) is 14.2. The molecule has 0 spiro atoms. The van der Waals surface area contributed by atoms with E-state index in [-0.39, 0.29) is 24.4 Å². The van der Waals surface area contributed by atoms with E-state index in [9.17, 15) is 9.59 Å². The molecule has 1 atom stereocenters. The van der Waals surface area contributed by atoms with Crippen molar-refractivity contribution in [3.05, 3.63) is 23.5 Å². The van der Waals surface area contributed by atoms with Gasteiger partial charge in [-0.25, -0.2) is 9.67 Å². The number of amides is 1. The zero-order valence-electron chi connectivity index (χ0n) is 14.2. The first-order valence-corrected chi connectivity index (χ1v) is 8.26. The quantitative estimate of drug-likeness (QED) is 0.930. The van der Waals surface area contributed by atoms with Gasteiger partial charge in [-0.2, -0.15) is 5.10 Å². The second-order valence-electron chi connectivity index (χ2n) is 6.61. The van der Waals surface area contributed by atoms with Gasteiger partial charge in [0, 0.05) is 24.0 Å². The minimum absolute atomic E-state index is 0.00819. The van der Waals surface area contributed by atoms with Crippen molar-refractivity contribution in [3.8, 4) is 0 Å². The van der Waals surface area contributed by atoms with Crippen molar-refractivity contribution in [2.45, 2.75) is 52.1 Å². The molecule has 0 aromatic carbocycles. The molecule has 2 aromatic heterocycles. The molecule has 1 unspecified atom stereocenters. The lowest BCUT2D eigenvalue weighted by Gasteiger charge is -2.24. The number of likely N-dealkylation sites (tertiary alicyclic amines) is 1. The summed E-state index contributed by atoms with van der Waals surface area (Å²) in [7, 11) is 0. The Labute approximate surface area is 140 Å². The van der Waals surface area contributed by atoms with Crippen LogP contribution in [0.15, 0.2) is 12.3 Å². The van der Waals surface area contributed by atoms with Gasteiger partial charge in [-0.05, 0) is 39.7 Å². The Kier molecular flexibility index (Phi) is 4.26. The van der Waals surface area contributed by atoms with E-state index < -0.39 is 5.97 Å². The molecule has 1 N–H and O–H groups in total. The van der Waals surface area contributed by atoms with E-state index in [0.717, 1.165) is 23.9 Å². The first-order valence-electron chi connectivity index (χ1n) is 8.26. The summed E-state index contributed by atoms with van der Waals surface area (Å²) in [6.45, 7) is 6.47. The standard InChI is InChI=1S/C17H22N4O3/c1-10(2)21-16-12(9-18-21)7-14(11(3)19-16)17(24)20-6-4-5-13(20)8-15(22)23/h7,9-10,13H,4-6,8H2,1-3H3,(H,22,23). The van der Waals surface area contributed by atoms with Crippen LogP contribution in [-0.4, -0.2) is 49.2 Å². The molecule has 1 amide bonds. The molecule has 1 aliphatic heterocycles. The molecular weight excluding hydrogens is 308 g/mol. The monoisotopic (exact) mass is 330 g/mol. The van der Waals surface area contributed by atoms with Gasteiger partial charge in [0.1, 0.15) is 0 Å². The van der Waals surface area contributed by atoms with Gasteiger partial charge in [0.25, 0.3) is 5.91 Å². The molecule has 0 bridgehead atoms. The smallest absolute Gasteiger partial charge is 0.305 e.